The fourth-order valence-corrected chi connectivity index (χ4v) is 2.60. The maximum atomic E-state index is 5.87. The average Bonchev–Trinajstić information content (AvgIpc) is 3.09. The lowest BCUT2D eigenvalue weighted by Gasteiger charge is -2.07. The summed E-state index contributed by atoms with van der Waals surface area (Å²) in [4.78, 5) is 13.3. The molecule has 6 heteroatoms. The molecule has 0 fully saturated rings. The van der Waals surface area contributed by atoms with Gasteiger partial charge in [0.15, 0.2) is 11.6 Å². The summed E-state index contributed by atoms with van der Waals surface area (Å²) in [6.07, 6.45) is 0. The molecule has 1 N–H and O–H groups in total. The quantitative estimate of drug-likeness (QED) is 0.618. The van der Waals surface area contributed by atoms with E-state index in [0.717, 1.165) is 16.5 Å². The van der Waals surface area contributed by atoms with Crippen LogP contribution in [0.4, 0.5) is 0 Å². The predicted molar refractivity (Wildman–Crippen MR) is 95.2 cm³/mol. The van der Waals surface area contributed by atoms with E-state index in [1.54, 1.807) is 0 Å². The summed E-state index contributed by atoms with van der Waals surface area (Å²) in [5.74, 6) is 2.53. The number of hydrogen-bond acceptors (Lipinski definition) is 5. The summed E-state index contributed by atoms with van der Waals surface area (Å²) in [6, 6.07) is 15.9. The van der Waals surface area contributed by atoms with E-state index in [1.165, 1.54) is 5.56 Å². The second-order valence-electron chi connectivity index (χ2n) is 5.85. The van der Waals surface area contributed by atoms with Crippen molar-refractivity contribution in [3.05, 3.63) is 65.7 Å². The third-order valence-electron chi connectivity index (χ3n) is 3.87. The molecule has 4 rings (SSSR count). The lowest BCUT2D eigenvalue weighted by atomic mass is 10.1. The van der Waals surface area contributed by atoms with Gasteiger partial charge in [-0.3, -0.25) is 5.10 Å². The molecule has 0 radical (unpaired) electrons. The molecule has 6 nitrogen and oxygen atoms in total. The Morgan fingerprint density at radius 1 is 0.920 bits per heavy atom. The van der Waals surface area contributed by atoms with Gasteiger partial charge in [-0.1, -0.05) is 42.0 Å². The normalized spacial score (nSPS) is 11.0. The first kappa shape index (κ1) is 15.3. The van der Waals surface area contributed by atoms with Gasteiger partial charge in [-0.05, 0) is 26.0 Å². The van der Waals surface area contributed by atoms with Crippen molar-refractivity contribution in [2.45, 2.75) is 20.5 Å². The summed E-state index contributed by atoms with van der Waals surface area (Å²) < 4.78 is 5.87. The van der Waals surface area contributed by atoms with Crippen LogP contribution in [0.15, 0.2) is 48.5 Å². The Hall–Kier alpha value is -3.28. The highest BCUT2D eigenvalue weighted by atomic mass is 16.5. The molecule has 4 aromatic rings. The van der Waals surface area contributed by atoms with Gasteiger partial charge in [-0.2, -0.15) is 10.1 Å². The number of hydrogen-bond donors (Lipinski definition) is 1. The zero-order valence-electron chi connectivity index (χ0n) is 14.0. The first-order chi connectivity index (χ1) is 12.2. The van der Waals surface area contributed by atoms with Gasteiger partial charge in [-0.15, -0.1) is 0 Å². The smallest absolute Gasteiger partial charge is 0.225 e. The Morgan fingerprint density at radius 3 is 2.56 bits per heavy atom. The molecule has 0 aliphatic carbocycles. The van der Waals surface area contributed by atoms with Crippen molar-refractivity contribution in [1.29, 1.82) is 0 Å². The monoisotopic (exact) mass is 331 g/mol. The van der Waals surface area contributed by atoms with E-state index in [1.807, 2.05) is 55.5 Å². The Labute approximate surface area is 144 Å². The molecule has 0 spiro atoms. The number of aryl methyl sites for hydroxylation is 2. The number of nitrogens with one attached hydrogen (secondary N) is 1. The third-order valence-corrected chi connectivity index (χ3v) is 3.87. The fraction of sp³-hybridized carbons (Fsp3) is 0.158. The van der Waals surface area contributed by atoms with Gasteiger partial charge >= 0.3 is 0 Å². The molecule has 2 aromatic carbocycles. The van der Waals surface area contributed by atoms with Crippen LogP contribution in [0.1, 0.15) is 17.2 Å². The van der Waals surface area contributed by atoms with Gasteiger partial charge in [0.05, 0.1) is 10.9 Å². The second kappa shape index (κ2) is 6.32. The molecule has 0 atom stereocenters. The molecule has 0 bridgehead atoms. The predicted octanol–water partition coefficient (Wildman–Crippen LogP) is 3.61. The van der Waals surface area contributed by atoms with E-state index in [-0.39, 0.29) is 6.61 Å². The van der Waals surface area contributed by atoms with E-state index < -0.39 is 0 Å². The van der Waals surface area contributed by atoms with Crippen LogP contribution in [0.5, 0.6) is 5.88 Å². The summed E-state index contributed by atoms with van der Waals surface area (Å²) in [5.41, 5.74) is 3.04. The van der Waals surface area contributed by atoms with Crippen LogP contribution in [0.3, 0.4) is 0 Å². The number of benzene rings is 2. The summed E-state index contributed by atoms with van der Waals surface area (Å²) in [5, 5.41) is 8.06. The van der Waals surface area contributed by atoms with E-state index in [2.05, 4.69) is 32.1 Å². The number of aromatic amines is 1. The first-order valence-electron chi connectivity index (χ1n) is 8.03. The van der Waals surface area contributed by atoms with Crippen molar-refractivity contribution in [3.63, 3.8) is 0 Å². The standard InChI is InChI=1S/C19H17N5O/c1-12-7-9-14(10-8-12)18-22-17(23-24-18)11-25-19-15-5-3-4-6-16(15)20-13(2)21-19/h3-10H,11H2,1-2H3,(H,22,23,24). The molecular weight excluding hydrogens is 314 g/mol. The minimum Gasteiger partial charge on any atom is -0.469 e. The zero-order chi connectivity index (χ0) is 17.2. The van der Waals surface area contributed by atoms with Gasteiger partial charge in [0.25, 0.3) is 0 Å². The van der Waals surface area contributed by atoms with Crippen LogP contribution in [-0.2, 0) is 6.61 Å². The van der Waals surface area contributed by atoms with Crippen LogP contribution < -0.4 is 4.74 Å². The second-order valence-corrected chi connectivity index (χ2v) is 5.85. The largest absolute Gasteiger partial charge is 0.469 e. The van der Waals surface area contributed by atoms with Crippen molar-refractivity contribution >= 4 is 10.9 Å². The first-order valence-corrected chi connectivity index (χ1v) is 8.03. The molecule has 124 valence electrons. The topological polar surface area (TPSA) is 76.6 Å². The molecule has 0 saturated heterocycles. The van der Waals surface area contributed by atoms with Crippen molar-refractivity contribution in [1.82, 2.24) is 25.1 Å². The summed E-state index contributed by atoms with van der Waals surface area (Å²) in [6.45, 7) is 4.16. The lowest BCUT2D eigenvalue weighted by molar-refractivity contribution is 0.287. The zero-order valence-corrected chi connectivity index (χ0v) is 14.0. The lowest BCUT2D eigenvalue weighted by Crippen LogP contribution is -2.02. The maximum Gasteiger partial charge on any atom is 0.225 e. The number of ether oxygens (including phenoxy) is 1. The molecule has 0 amide bonds. The number of aromatic nitrogens is 5. The van der Waals surface area contributed by atoms with E-state index in [9.17, 15) is 0 Å². The van der Waals surface area contributed by atoms with Crippen molar-refractivity contribution < 1.29 is 4.74 Å². The minimum atomic E-state index is 0.263. The number of para-hydroxylation sites is 1. The molecular formula is C19H17N5O. The highest BCUT2D eigenvalue weighted by Crippen LogP contribution is 2.23. The molecule has 0 aliphatic rings. The van der Waals surface area contributed by atoms with E-state index >= 15 is 0 Å². The van der Waals surface area contributed by atoms with Gasteiger partial charge in [0, 0.05) is 5.56 Å². The van der Waals surface area contributed by atoms with Crippen LogP contribution in [0.2, 0.25) is 0 Å². The Bertz CT molecular complexity index is 1020. The molecule has 2 aromatic heterocycles. The molecule has 0 saturated carbocycles. The summed E-state index contributed by atoms with van der Waals surface area (Å²) in [7, 11) is 0. The van der Waals surface area contributed by atoms with Crippen LogP contribution in [-0.4, -0.2) is 25.1 Å². The Morgan fingerprint density at radius 2 is 1.72 bits per heavy atom. The maximum absolute atomic E-state index is 5.87. The fourth-order valence-electron chi connectivity index (χ4n) is 2.60. The van der Waals surface area contributed by atoms with Crippen LogP contribution in [0, 0.1) is 13.8 Å². The van der Waals surface area contributed by atoms with Crippen LogP contribution in [0.25, 0.3) is 22.3 Å². The number of nitrogens with zero attached hydrogens (tertiary/aromatic N) is 4. The molecule has 2 heterocycles. The van der Waals surface area contributed by atoms with Crippen molar-refractivity contribution in [3.8, 4) is 17.3 Å². The number of H-pyrrole nitrogens is 1. The molecule has 25 heavy (non-hydrogen) atoms. The minimum absolute atomic E-state index is 0.263. The SMILES string of the molecule is Cc1ccc(-c2n[nH]c(COc3nc(C)nc4ccccc34)n2)cc1. The molecule has 0 unspecified atom stereocenters. The number of rotatable bonds is 4. The van der Waals surface area contributed by atoms with Gasteiger partial charge in [0.1, 0.15) is 12.4 Å². The van der Waals surface area contributed by atoms with Crippen molar-refractivity contribution in [2.24, 2.45) is 0 Å². The Balaban J connectivity index is 1.55. The highest BCUT2D eigenvalue weighted by molar-refractivity contribution is 5.83. The highest BCUT2D eigenvalue weighted by Gasteiger charge is 2.10. The van der Waals surface area contributed by atoms with Crippen LogP contribution >= 0.6 is 0 Å². The van der Waals surface area contributed by atoms with Gasteiger partial charge in [-0.25, -0.2) is 9.97 Å². The van der Waals surface area contributed by atoms with Gasteiger partial charge in [0.2, 0.25) is 5.88 Å². The summed E-state index contributed by atoms with van der Waals surface area (Å²) >= 11 is 0. The molecule has 0 aliphatic heterocycles. The average molecular weight is 331 g/mol. The Kier molecular flexibility index (Phi) is 3.85. The van der Waals surface area contributed by atoms with E-state index in [0.29, 0.717) is 23.4 Å². The number of fused-ring (bicyclic) bond motifs is 1. The van der Waals surface area contributed by atoms with E-state index in [4.69, 9.17) is 4.74 Å². The third kappa shape index (κ3) is 3.19. The van der Waals surface area contributed by atoms with Crippen molar-refractivity contribution in [2.75, 3.05) is 0 Å². The van der Waals surface area contributed by atoms with Gasteiger partial charge < -0.3 is 4.74 Å².